The van der Waals surface area contributed by atoms with Crippen LogP contribution in [0.25, 0.3) is 0 Å². The van der Waals surface area contributed by atoms with E-state index in [1.54, 1.807) is 7.11 Å². The van der Waals surface area contributed by atoms with E-state index < -0.39 is 0 Å². The standard InChI is InChI=1S/C16H18O/c1-12-5-4-6-14(7-12)10-15-8-13(2)9-16(11-15)17-3/h4-9,11H,10H2,1-3H3. The van der Waals surface area contributed by atoms with Crippen LogP contribution < -0.4 is 4.74 Å². The monoisotopic (exact) mass is 226 g/mol. The maximum Gasteiger partial charge on any atom is 0.119 e. The Hall–Kier alpha value is -1.76. The van der Waals surface area contributed by atoms with Gasteiger partial charge in [0.2, 0.25) is 0 Å². The third-order valence-corrected chi connectivity index (χ3v) is 2.84. The molecule has 88 valence electrons. The van der Waals surface area contributed by atoms with E-state index in [0.29, 0.717) is 0 Å². The Morgan fingerprint density at radius 1 is 0.882 bits per heavy atom. The Morgan fingerprint density at radius 3 is 2.35 bits per heavy atom. The first kappa shape index (κ1) is 11.7. The van der Waals surface area contributed by atoms with E-state index in [4.69, 9.17) is 4.74 Å². The van der Waals surface area contributed by atoms with Crippen molar-refractivity contribution < 1.29 is 4.74 Å². The number of methoxy groups -OCH3 is 1. The molecule has 0 radical (unpaired) electrons. The Kier molecular flexibility index (Phi) is 3.48. The van der Waals surface area contributed by atoms with Crippen LogP contribution in [-0.4, -0.2) is 7.11 Å². The number of rotatable bonds is 3. The fourth-order valence-electron chi connectivity index (χ4n) is 2.10. The van der Waals surface area contributed by atoms with Crippen molar-refractivity contribution in [3.8, 4) is 5.75 Å². The third-order valence-electron chi connectivity index (χ3n) is 2.84. The summed E-state index contributed by atoms with van der Waals surface area (Å²) in [4.78, 5) is 0. The smallest absolute Gasteiger partial charge is 0.119 e. The maximum atomic E-state index is 5.30. The molecule has 2 rings (SSSR count). The third kappa shape index (κ3) is 3.10. The normalized spacial score (nSPS) is 10.3. The SMILES string of the molecule is COc1cc(C)cc(Cc2cccc(C)c2)c1. The van der Waals surface area contributed by atoms with Crippen LogP contribution in [0.4, 0.5) is 0 Å². The molecular weight excluding hydrogens is 208 g/mol. The average molecular weight is 226 g/mol. The van der Waals surface area contributed by atoms with Crippen LogP contribution in [-0.2, 0) is 6.42 Å². The van der Waals surface area contributed by atoms with E-state index in [2.05, 4.69) is 56.3 Å². The van der Waals surface area contributed by atoms with E-state index in [9.17, 15) is 0 Å². The second kappa shape index (κ2) is 5.05. The molecule has 2 aromatic rings. The van der Waals surface area contributed by atoms with Crippen LogP contribution in [0.15, 0.2) is 42.5 Å². The Balaban J connectivity index is 2.26. The van der Waals surface area contributed by atoms with E-state index in [1.807, 2.05) is 0 Å². The molecule has 0 saturated carbocycles. The zero-order chi connectivity index (χ0) is 12.3. The summed E-state index contributed by atoms with van der Waals surface area (Å²) in [7, 11) is 1.71. The lowest BCUT2D eigenvalue weighted by Gasteiger charge is -2.07. The minimum Gasteiger partial charge on any atom is -0.497 e. The Bertz CT molecular complexity index is 515. The summed E-state index contributed by atoms with van der Waals surface area (Å²) in [5, 5.41) is 0. The van der Waals surface area contributed by atoms with Crippen molar-refractivity contribution in [2.45, 2.75) is 20.3 Å². The summed E-state index contributed by atoms with van der Waals surface area (Å²) >= 11 is 0. The van der Waals surface area contributed by atoms with Gasteiger partial charge in [-0.25, -0.2) is 0 Å². The van der Waals surface area contributed by atoms with Crippen LogP contribution in [0, 0.1) is 13.8 Å². The number of ether oxygens (including phenoxy) is 1. The molecule has 0 spiro atoms. The second-order valence-electron chi connectivity index (χ2n) is 4.52. The quantitative estimate of drug-likeness (QED) is 0.771. The largest absolute Gasteiger partial charge is 0.497 e. The number of hydrogen-bond acceptors (Lipinski definition) is 1. The van der Waals surface area contributed by atoms with Crippen LogP contribution in [0.3, 0.4) is 0 Å². The average Bonchev–Trinajstić information content (AvgIpc) is 2.28. The molecular formula is C16H18O. The maximum absolute atomic E-state index is 5.30. The van der Waals surface area contributed by atoms with Gasteiger partial charge in [-0.05, 0) is 49.1 Å². The van der Waals surface area contributed by atoms with Gasteiger partial charge in [0.15, 0.2) is 0 Å². The predicted octanol–water partition coefficient (Wildman–Crippen LogP) is 3.90. The Labute approximate surface area is 103 Å². The van der Waals surface area contributed by atoms with E-state index in [0.717, 1.165) is 12.2 Å². The van der Waals surface area contributed by atoms with Crippen LogP contribution >= 0.6 is 0 Å². The van der Waals surface area contributed by atoms with Crippen LogP contribution in [0.2, 0.25) is 0 Å². The van der Waals surface area contributed by atoms with Crippen LogP contribution in [0.5, 0.6) is 5.75 Å². The second-order valence-corrected chi connectivity index (χ2v) is 4.52. The highest BCUT2D eigenvalue weighted by Gasteiger charge is 2.00. The first-order valence-electron chi connectivity index (χ1n) is 5.87. The zero-order valence-electron chi connectivity index (χ0n) is 10.7. The van der Waals surface area contributed by atoms with Crippen molar-refractivity contribution in [3.05, 3.63) is 64.7 Å². The van der Waals surface area contributed by atoms with E-state index >= 15 is 0 Å². The van der Waals surface area contributed by atoms with Gasteiger partial charge in [-0.15, -0.1) is 0 Å². The summed E-state index contributed by atoms with van der Waals surface area (Å²) < 4.78 is 5.30. The molecule has 1 heteroatoms. The number of hydrogen-bond donors (Lipinski definition) is 0. The molecule has 0 aliphatic rings. The van der Waals surface area contributed by atoms with Crippen molar-refractivity contribution >= 4 is 0 Å². The van der Waals surface area contributed by atoms with Gasteiger partial charge in [0, 0.05) is 0 Å². The zero-order valence-corrected chi connectivity index (χ0v) is 10.7. The van der Waals surface area contributed by atoms with E-state index in [1.165, 1.54) is 22.3 Å². The van der Waals surface area contributed by atoms with Gasteiger partial charge >= 0.3 is 0 Å². The summed E-state index contributed by atoms with van der Waals surface area (Å²) in [6.45, 7) is 4.22. The first-order valence-corrected chi connectivity index (χ1v) is 5.87. The molecule has 0 aliphatic heterocycles. The van der Waals surface area contributed by atoms with Gasteiger partial charge in [-0.1, -0.05) is 35.9 Å². The Morgan fingerprint density at radius 2 is 1.65 bits per heavy atom. The lowest BCUT2D eigenvalue weighted by Crippen LogP contribution is -1.92. The lowest BCUT2D eigenvalue weighted by atomic mass is 10.0. The fourth-order valence-corrected chi connectivity index (χ4v) is 2.10. The highest BCUT2D eigenvalue weighted by molar-refractivity contribution is 5.37. The molecule has 0 atom stereocenters. The van der Waals surface area contributed by atoms with Crippen molar-refractivity contribution in [2.75, 3.05) is 7.11 Å². The highest BCUT2D eigenvalue weighted by Crippen LogP contribution is 2.19. The number of aryl methyl sites for hydroxylation is 2. The first-order chi connectivity index (χ1) is 8.17. The molecule has 0 N–H and O–H groups in total. The van der Waals surface area contributed by atoms with Crippen molar-refractivity contribution in [1.29, 1.82) is 0 Å². The molecule has 0 unspecified atom stereocenters. The topological polar surface area (TPSA) is 9.23 Å². The highest BCUT2D eigenvalue weighted by atomic mass is 16.5. The van der Waals surface area contributed by atoms with Crippen molar-refractivity contribution in [2.24, 2.45) is 0 Å². The molecule has 0 fully saturated rings. The van der Waals surface area contributed by atoms with Gasteiger partial charge < -0.3 is 4.74 Å². The molecule has 2 aromatic carbocycles. The predicted molar refractivity (Wildman–Crippen MR) is 71.7 cm³/mol. The van der Waals surface area contributed by atoms with Crippen molar-refractivity contribution in [1.82, 2.24) is 0 Å². The van der Waals surface area contributed by atoms with Crippen molar-refractivity contribution in [3.63, 3.8) is 0 Å². The summed E-state index contributed by atoms with van der Waals surface area (Å²) in [5.41, 5.74) is 5.19. The summed E-state index contributed by atoms with van der Waals surface area (Å²) in [6, 6.07) is 15.0. The van der Waals surface area contributed by atoms with E-state index in [-0.39, 0.29) is 0 Å². The van der Waals surface area contributed by atoms with Crippen LogP contribution in [0.1, 0.15) is 22.3 Å². The molecule has 0 heterocycles. The molecule has 1 nitrogen and oxygen atoms in total. The minimum absolute atomic E-state index is 0.938. The van der Waals surface area contributed by atoms with Gasteiger partial charge in [0.1, 0.15) is 5.75 Å². The summed E-state index contributed by atoms with van der Waals surface area (Å²) in [6.07, 6.45) is 0.958. The molecule has 0 saturated heterocycles. The summed E-state index contributed by atoms with van der Waals surface area (Å²) in [5.74, 6) is 0.938. The molecule has 17 heavy (non-hydrogen) atoms. The van der Waals surface area contributed by atoms with Gasteiger partial charge in [-0.3, -0.25) is 0 Å². The molecule has 0 amide bonds. The van der Waals surface area contributed by atoms with Gasteiger partial charge in [-0.2, -0.15) is 0 Å². The number of benzene rings is 2. The van der Waals surface area contributed by atoms with Gasteiger partial charge in [0.05, 0.1) is 7.11 Å². The molecule has 0 aromatic heterocycles. The fraction of sp³-hybridized carbons (Fsp3) is 0.250. The minimum atomic E-state index is 0.938. The molecule has 0 aliphatic carbocycles. The molecule has 0 bridgehead atoms. The van der Waals surface area contributed by atoms with Gasteiger partial charge in [0.25, 0.3) is 0 Å². The lowest BCUT2D eigenvalue weighted by molar-refractivity contribution is 0.414.